The van der Waals surface area contributed by atoms with Crippen molar-refractivity contribution in [2.24, 2.45) is 0 Å². The maximum Gasteiger partial charge on any atom is 0.00845 e. The highest BCUT2D eigenvalue weighted by Gasteiger charge is 2.30. The third-order valence-electron chi connectivity index (χ3n) is 2.36. The lowest BCUT2D eigenvalue weighted by Crippen LogP contribution is -2.52. The maximum atomic E-state index is 2.60. The molecule has 2 unspecified atom stereocenters. The molecule has 1 fully saturated rings. The predicted molar refractivity (Wildman–Crippen MR) is 53.8 cm³/mol. The third kappa shape index (κ3) is 1.84. The topological polar surface area (TPSA) is 3.24 Å². The average molecular weight is 253 g/mol. The van der Waals surface area contributed by atoms with Crippen molar-refractivity contribution in [2.75, 3.05) is 11.0 Å². The van der Waals surface area contributed by atoms with Crippen LogP contribution in [-0.2, 0) is 0 Å². The number of likely N-dealkylation sites (tertiary alicyclic amines) is 1. The number of nitrogens with zero attached hydrogens (tertiary/aromatic N) is 1. The molecule has 1 rings (SSSR count). The number of alkyl halides is 1. The van der Waals surface area contributed by atoms with Gasteiger partial charge in [0.15, 0.2) is 0 Å². The highest BCUT2D eigenvalue weighted by Crippen LogP contribution is 2.24. The molecule has 10 heavy (non-hydrogen) atoms. The van der Waals surface area contributed by atoms with Crippen LogP contribution >= 0.6 is 22.6 Å². The summed E-state index contributed by atoms with van der Waals surface area (Å²) in [4.78, 5) is 2.60. The summed E-state index contributed by atoms with van der Waals surface area (Å²) in [7, 11) is 0. The van der Waals surface area contributed by atoms with Gasteiger partial charge >= 0.3 is 0 Å². The van der Waals surface area contributed by atoms with Gasteiger partial charge in [-0.05, 0) is 33.2 Å². The molecule has 1 aliphatic rings. The molecule has 1 saturated heterocycles. The van der Waals surface area contributed by atoms with E-state index in [4.69, 9.17) is 0 Å². The second-order valence-electron chi connectivity index (χ2n) is 3.21. The van der Waals surface area contributed by atoms with Crippen molar-refractivity contribution < 1.29 is 0 Å². The van der Waals surface area contributed by atoms with Crippen LogP contribution in [-0.4, -0.2) is 28.0 Å². The van der Waals surface area contributed by atoms with Crippen LogP contribution in [0.15, 0.2) is 0 Å². The molecular weight excluding hydrogens is 237 g/mol. The Kier molecular flexibility index (Phi) is 3.43. The molecule has 0 radical (unpaired) electrons. The Hall–Kier alpha value is 0.690. The maximum absolute atomic E-state index is 2.60. The van der Waals surface area contributed by atoms with Gasteiger partial charge in [-0.1, -0.05) is 22.6 Å². The van der Waals surface area contributed by atoms with Gasteiger partial charge in [-0.3, -0.25) is 4.90 Å². The fourth-order valence-corrected chi connectivity index (χ4v) is 2.09. The molecule has 1 nitrogen and oxygen atoms in total. The van der Waals surface area contributed by atoms with Gasteiger partial charge in [0.25, 0.3) is 0 Å². The lowest BCUT2D eigenvalue weighted by Gasteiger charge is -2.45. The summed E-state index contributed by atoms with van der Waals surface area (Å²) in [5.41, 5.74) is 0. The van der Waals surface area contributed by atoms with Gasteiger partial charge in [0.2, 0.25) is 0 Å². The minimum Gasteiger partial charge on any atom is -0.298 e. The zero-order chi connectivity index (χ0) is 7.56. The molecule has 0 N–H and O–H groups in total. The van der Waals surface area contributed by atoms with Crippen molar-refractivity contribution in [3.8, 4) is 0 Å². The molecule has 2 atom stereocenters. The van der Waals surface area contributed by atoms with Gasteiger partial charge in [0, 0.05) is 16.5 Å². The molecule has 0 amide bonds. The zero-order valence-electron chi connectivity index (χ0n) is 6.81. The van der Waals surface area contributed by atoms with Gasteiger partial charge in [0.1, 0.15) is 0 Å². The van der Waals surface area contributed by atoms with E-state index in [0.717, 1.165) is 12.1 Å². The highest BCUT2D eigenvalue weighted by molar-refractivity contribution is 14.1. The molecule has 2 heteroatoms. The molecular formula is C8H16IN. The van der Waals surface area contributed by atoms with Gasteiger partial charge < -0.3 is 0 Å². The van der Waals surface area contributed by atoms with E-state index in [1.54, 1.807) is 0 Å². The Labute approximate surface area is 77.3 Å². The van der Waals surface area contributed by atoms with Crippen molar-refractivity contribution in [3.05, 3.63) is 0 Å². The fraction of sp³-hybridized carbons (Fsp3) is 1.00. The highest BCUT2D eigenvalue weighted by atomic mass is 127. The minimum atomic E-state index is 0.859. The summed E-state index contributed by atoms with van der Waals surface area (Å²) in [6.45, 7) is 5.96. The Bertz CT molecular complexity index is 97.4. The molecule has 0 aromatic carbocycles. The molecule has 0 spiro atoms. The zero-order valence-corrected chi connectivity index (χ0v) is 8.97. The monoisotopic (exact) mass is 253 g/mol. The van der Waals surface area contributed by atoms with Gasteiger partial charge in [-0.2, -0.15) is 0 Å². The second kappa shape index (κ2) is 3.90. The third-order valence-corrected chi connectivity index (χ3v) is 3.13. The van der Waals surface area contributed by atoms with E-state index >= 15 is 0 Å². The van der Waals surface area contributed by atoms with E-state index < -0.39 is 0 Å². The van der Waals surface area contributed by atoms with Crippen LogP contribution in [0.25, 0.3) is 0 Å². The van der Waals surface area contributed by atoms with E-state index in [0.29, 0.717) is 0 Å². The standard InChI is InChI=1S/C8H16IN/c1-7-6-8(2)10(7)5-3-4-9/h7-8H,3-6H2,1-2H3. The summed E-state index contributed by atoms with van der Waals surface area (Å²) >= 11 is 2.45. The van der Waals surface area contributed by atoms with Gasteiger partial charge in [-0.15, -0.1) is 0 Å². The van der Waals surface area contributed by atoms with E-state index in [2.05, 4.69) is 41.3 Å². The molecule has 0 aromatic heterocycles. The van der Waals surface area contributed by atoms with E-state index in [-0.39, 0.29) is 0 Å². The minimum absolute atomic E-state index is 0.859. The summed E-state index contributed by atoms with van der Waals surface area (Å²) in [5.74, 6) is 0. The van der Waals surface area contributed by atoms with Crippen molar-refractivity contribution >= 4 is 22.6 Å². The Morgan fingerprint density at radius 1 is 1.40 bits per heavy atom. The molecule has 0 aromatic rings. The largest absolute Gasteiger partial charge is 0.298 e. The van der Waals surface area contributed by atoms with Gasteiger partial charge in [0.05, 0.1) is 0 Å². The molecule has 1 heterocycles. The van der Waals surface area contributed by atoms with Crippen LogP contribution in [0.2, 0.25) is 0 Å². The lowest BCUT2D eigenvalue weighted by molar-refractivity contribution is 0.0389. The number of hydrogen-bond acceptors (Lipinski definition) is 1. The molecule has 1 aliphatic heterocycles. The van der Waals surface area contributed by atoms with E-state index in [1.807, 2.05) is 0 Å². The van der Waals surface area contributed by atoms with Crippen LogP contribution in [0.4, 0.5) is 0 Å². The number of rotatable bonds is 3. The first-order valence-electron chi connectivity index (χ1n) is 4.07. The smallest absolute Gasteiger partial charge is 0.00845 e. The summed E-state index contributed by atoms with van der Waals surface area (Å²) in [6.07, 6.45) is 2.76. The summed E-state index contributed by atoms with van der Waals surface area (Å²) < 4.78 is 1.30. The molecule has 0 saturated carbocycles. The first-order chi connectivity index (χ1) is 4.75. The number of halogens is 1. The van der Waals surface area contributed by atoms with Crippen LogP contribution in [0.5, 0.6) is 0 Å². The van der Waals surface area contributed by atoms with Crippen LogP contribution < -0.4 is 0 Å². The van der Waals surface area contributed by atoms with Crippen molar-refractivity contribution in [1.29, 1.82) is 0 Å². The van der Waals surface area contributed by atoms with Crippen molar-refractivity contribution in [3.63, 3.8) is 0 Å². The predicted octanol–water partition coefficient (Wildman–Crippen LogP) is 2.29. The Morgan fingerprint density at radius 2 is 2.00 bits per heavy atom. The van der Waals surface area contributed by atoms with Crippen molar-refractivity contribution in [2.45, 2.75) is 38.8 Å². The second-order valence-corrected chi connectivity index (χ2v) is 4.29. The Morgan fingerprint density at radius 3 is 2.40 bits per heavy atom. The molecule has 0 aliphatic carbocycles. The normalized spacial score (nSPS) is 33.9. The SMILES string of the molecule is CC1CC(C)N1CCCI. The van der Waals surface area contributed by atoms with E-state index in [1.165, 1.54) is 23.8 Å². The summed E-state index contributed by atoms with van der Waals surface area (Å²) in [6, 6.07) is 1.72. The lowest BCUT2D eigenvalue weighted by atomic mass is 9.96. The van der Waals surface area contributed by atoms with Gasteiger partial charge in [-0.25, -0.2) is 0 Å². The number of hydrogen-bond donors (Lipinski definition) is 0. The van der Waals surface area contributed by atoms with Crippen LogP contribution in [0.3, 0.4) is 0 Å². The van der Waals surface area contributed by atoms with E-state index in [9.17, 15) is 0 Å². The quantitative estimate of drug-likeness (QED) is 0.551. The first kappa shape index (κ1) is 8.78. The van der Waals surface area contributed by atoms with Crippen LogP contribution in [0, 0.1) is 0 Å². The van der Waals surface area contributed by atoms with Crippen molar-refractivity contribution in [1.82, 2.24) is 4.90 Å². The van der Waals surface area contributed by atoms with Crippen LogP contribution in [0.1, 0.15) is 26.7 Å². The molecule has 60 valence electrons. The molecule has 0 bridgehead atoms. The summed E-state index contributed by atoms with van der Waals surface area (Å²) in [5, 5.41) is 0. The average Bonchev–Trinajstić information content (AvgIpc) is 1.89. The Balaban J connectivity index is 2.14. The first-order valence-corrected chi connectivity index (χ1v) is 5.60. The fourth-order valence-electron chi connectivity index (χ4n) is 1.74.